The zero-order chi connectivity index (χ0) is 21.7. The van der Waals surface area contributed by atoms with Gasteiger partial charge in [0.1, 0.15) is 17.6 Å². The van der Waals surface area contributed by atoms with E-state index in [4.69, 9.17) is 11.6 Å². The van der Waals surface area contributed by atoms with Crippen molar-refractivity contribution in [1.82, 2.24) is 15.0 Å². The average molecular weight is 432 g/mol. The molecule has 0 radical (unpaired) electrons. The number of hydrogen-bond acceptors (Lipinski definition) is 4. The van der Waals surface area contributed by atoms with E-state index in [1.807, 2.05) is 13.8 Å². The Labute approximate surface area is 184 Å². The zero-order valence-corrected chi connectivity index (χ0v) is 17.8. The summed E-state index contributed by atoms with van der Waals surface area (Å²) in [5, 5.41) is 10.4. The van der Waals surface area contributed by atoms with E-state index in [1.165, 1.54) is 6.07 Å². The Bertz CT molecular complexity index is 1350. The largest absolute Gasteiger partial charge is 0.356 e. The number of aromatic nitrogens is 3. The number of hydrogen-bond donors (Lipinski definition) is 1. The Morgan fingerprint density at radius 3 is 2.68 bits per heavy atom. The van der Waals surface area contributed by atoms with Gasteiger partial charge in [0.2, 0.25) is 5.95 Å². The van der Waals surface area contributed by atoms with Crippen molar-refractivity contribution in [2.24, 2.45) is 0 Å². The number of anilines is 1. The fourth-order valence-electron chi connectivity index (χ4n) is 4.33. The monoisotopic (exact) mass is 431 g/mol. The topological polar surface area (TPSA) is 68.6 Å². The normalized spacial score (nSPS) is 15.7. The van der Waals surface area contributed by atoms with Crippen molar-refractivity contribution in [3.05, 3.63) is 87.1 Å². The molecule has 31 heavy (non-hydrogen) atoms. The van der Waals surface area contributed by atoms with Crippen molar-refractivity contribution in [3.63, 3.8) is 0 Å². The molecule has 1 N–H and O–H groups in total. The third kappa shape index (κ3) is 3.31. The van der Waals surface area contributed by atoms with Crippen LogP contribution in [0, 0.1) is 31.0 Å². The number of benzene rings is 2. The molecule has 154 valence electrons. The first-order chi connectivity index (χ1) is 14.9. The van der Waals surface area contributed by atoms with Gasteiger partial charge in [-0.1, -0.05) is 41.4 Å². The molecule has 0 bridgehead atoms. The van der Waals surface area contributed by atoms with Crippen LogP contribution in [-0.4, -0.2) is 21.5 Å². The highest BCUT2D eigenvalue weighted by Crippen LogP contribution is 2.40. The van der Waals surface area contributed by atoms with Crippen molar-refractivity contribution < 1.29 is 4.39 Å². The van der Waals surface area contributed by atoms with Gasteiger partial charge in [0.15, 0.2) is 0 Å². The van der Waals surface area contributed by atoms with Crippen LogP contribution < -0.4 is 4.90 Å². The fourth-order valence-corrected chi connectivity index (χ4v) is 4.50. The molecule has 5 nitrogen and oxygen atoms in total. The van der Waals surface area contributed by atoms with Gasteiger partial charge < -0.3 is 9.88 Å². The van der Waals surface area contributed by atoms with Crippen LogP contribution in [0.5, 0.6) is 0 Å². The number of nitriles is 1. The summed E-state index contributed by atoms with van der Waals surface area (Å²) < 4.78 is 14.1. The van der Waals surface area contributed by atoms with Crippen molar-refractivity contribution >= 4 is 28.5 Å². The molecule has 0 aliphatic carbocycles. The standard InChI is InChI=1S/C24H19ClFN5/c1-13-3-5-15(6-4-13)23-22-17(18-10-19(25)20(26)11-21(18)30-22)7-8-31(23)24-28-14(2)9-16(12-27)29-24/h3-6,9-11,23,30H,7-8H2,1-2H3. The minimum atomic E-state index is -0.447. The summed E-state index contributed by atoms with van der Waals surface area (Å²) in [6.45, 7) is 4.56. The predicted molar refractivity (Wildman–Crippen MR) is 119 cm³/mol. The minimum Gasteiger partial charge on any atom is -0.356 e. The number of rotatable bonds is 2. The van der Waals surface area contributed by atoms with Crippen LogP contribution >= 0.6 is 11.6 Å². The number of nitrogens with zero attached hydrogens (tertiary/aromatic N) is 4. The third-order valence-corrected chi connectivity index (χ3v) is 6.06. The molecule has 0 fully saturated rings. The molecule has 5 rings (SSSR count). The summed E-state index contributed by atoms with van der Waals surface area (Å²) in [5.74, 6) is 0.0628. The smallest absolute Gasteiger partial charge is 0.227 e. The maximum Gasteiger partial charge on any atom is 0.227 e. The lowest BCUT2D eigenvalue weighted by Gasteiger charge is -2.36. The molecule has 0 saturated heterocycles. The number of nitrogens with one attached hydrogen (secondary N) is 1. The van der Waals surface area contributed by atoms with Gasteiger partial charge in [-0.2, -0.15) is 5.26 Å². The summed E-state index contributed by atoms with van der Waals surface area (Å²) in [5.41, 5.74) is 6.10. The van der Waals surface area contributed by atoms with Crippen LogP contribution in [0.4, 0.5) is 10.3 Å². The lowest BCUT2D eigenvalue weighted by molar-refractivity contribution is 0.624. The van der Waals surface area contributed by atoms with E-state index in [0.29, 0.717) is 23.7 Å². The Morgan fingerprint density at radius 1 is 1.16 bits per heavy atom. The number of aromatic amines is 1. The van der Waals surface area contributed by atoms with Gasteiger partial charge in [-0.05, 0) is 49.6 Å². The number of halogens is 2. The highest BCUT2D eigenvalue weighted by molar-refractivity contribution is 6.31. The first kappa shape index (κ1) is 19.5. The molecule has 1 atom stereocenters. The summed E-state index contributed by atoms with van der Waals surface area (Å²) in [7, 11) is 0. The molecule has 1 aliphatic heterocycles. The van der Waals surface area contributed by atoms with Crippen LogP contribution in [0.15, 0.2) is 42.5 Å². The molecule has 2 aromatic heterocycles. The van der Waals surface area contributed by atoms with E-state index in [9.17, 15) is 9.65 Å². The third-order valence-electron chi connectivity index (χ3n) is 5.77. The lowest BCUT2D eigenvalue weighted by Crippen LogP contribution is -2.37. The van der Waals surface area contributed by atoms with Crippen LogP contribution in [0.2, 0.25) is 5.02 Å². The van der Waals surface area contributed by atoms with Gasteiger partial charge in [-0.3, -0.25) is 0 Å². The summed E-state index contributed by atoms with van der Waals surface area (Å²) in [4.78, 5) is 14.6. The zero-order valence-electron chi connectivity index (χ0n) is 17.1. The highest BCUT2D eigenvalue weighted by atomic mass is 35.5. The second-order valence-electron chi connectivity index (χ2n) is 7.89. The number of aryl methyl sites for hydroxylation is 2. The van der Waals surface area contributed by atoms with Crippen molar-refractivity contribution in [3.8, 4) is 6.07 Å². The Morgan fingerprint density at radius 2 is 1.94 bits per heavy atom. The molecule has 1 aliphatic rings. The fraction of sp³-hybridized carbons (Fsp3) is 0.208. The second kappa shape index (κ2) is 7.36. The molecule has 3 heterocycles. The summed E-state index contributed by atoms with van der Waals surface area (Å²) in [6.07, 6.45) is 0.721. The van der Waals surface area contributed by atoms with Gasteiger partial charge in [0.25, 0.3) is 0 Å². The molecule has 1 unspecified atom stereocenters. The molecule has 7 heteroatoms. The molecule has 0 spiro atoms. The first-order valence-corrected chi connectivity index (χ1v) is 10.4. The Kier molecular flexibility index (Phi) is 4.64. The maximum atomic E-state index is 14.1. The number of H-pyrrole nitrogens is 1. The van der Waals surface area contributed by atoms with Gasteiger partial charge in [0, 0.05) is 28.8 Å². The molecule has 0 amide bonds. The molecular weight excluding hydrogens is 413 g/mol. The van der Waals surface area contributed by atoms with Gasteiger partial charge in [-0.25, -0.2) is 14.4 Å². The van der Waals surface area contributed by atoms with Gasteiger partial charge in [-0.15, -0.1) is 0 Å². The minimum absolute atomic E-state index is 0.115. The van der Waals surface area contributed by atoms with Gasteiger partial charge in [0.05, 0.1) is 11.1 Å². The van der Waals surface area contributed by atoms with Crippen molar-refractivity contribution in [1.29, 1.82) is 5.26 Å². The lowest BCUT2D eigenvalue weighted by atomic mass is 9.92. The molecule has 2 aromatic carbocycles. The van der Waals surface area contributed by atoms with E-state index < -0.39 is 5.82 Å². The average Bonchev–Trinajstić information content (AvgIpc) is 3.11. The summed E-state index contributed by atoms with van der Waals surface area (Å²) >= 11 is 6.08. The Hall–Kier alpha value is -3.43. The summed E-state index contributed by atoms with van der Waals surface area (Å²) in [6, 6.07) is 15.0. The Balaban J connectivity index is 1.73. The SMILES string of the molecule is Cc1ccc(C2c3[nH]c4cc(F)c(Cl)cc4c3CCN2c2nc(C)cc(C#N)n2)cc1. The van der Waals surface area contributed by atoms with E-state index in [0.717, 1.165) is 39.9 Å². The highest BCUT2D eigenvalue weighted by Gasteiger charge is 2.33. The van der Waals surface area contributed by atoms with Crippen LogP contribution in [-0.2, 0) is 6.42 Å². The molecular formula is C24H19ClFN5. The number of fused-ring (bicyclic) bond motifs is 3. The van der Waals surface area contributed by atoms with Gasteiger partial charge >= 0.3 is 0 Å². The van der Waals surface area contributed by atoms with Crippen LogP contribution in [0.1, 0.15) is 39.8 Å². The van der Waals surface area contributed by atoms with E-state index in [-0.39, 0.29) is 11.1 Å². The van der Waals surface area contributed by atoms with Crippen LogP contribution in [0.25, 0.3) is 10.9 Å². The van der Waals surface area contributed by atoms with E-state index in [1.54, 1.807) is 12.1 Å². The first-order valence-electron chi connectivity index (χ1n) is 10.0. The predicted octanol–water partition coefficient (Wildman–Crippen LogP) is 5.39. The van der Waals surface area contributed by atoms with Crippen molar-refractivity contribution in [2.45, 2.75) is 26.3 Å². The maximum absolute atomic E-state index is 14.1. The van der Waals surface area contributed by atoms with E-state index >= 15 is 0 Å². The second-order valence-corrected chi connectivity index (χ2v) is 8.30. The van der Waals surface area contributed by atoms with Crippen molar-refractivity contribution in [2.75, 3.05) is 11.4 Å². The quantitative estimate of drug-likeness (QED) is 0.462. The molecule has 4 aromatic rings. The molecule has 0 saturated carbocycles. The van der Waals surface area contributed by atoms with E-state index in [2.05, 4.69) is 50.2 Å². The van der Waals surface area contributed by atoms with Crippen LogP contribution in [0.3, 0.4) is 0 Å².